The topological polar surface area (TPSA) is 96.4 Å². The first kappa shape index (κ1) is 24.1. The zero-order chi connectivity index (χ0) is 22.5. The van der Waals surface area contributed by atoms with Crippen LogP contribution in [-0.2, 0) is 32.0 Å². The molecular formula is C21H32N2O6S. The lowest BCUT2D eigenvalue weighted by Gasteiger charge is -2.40. The van der Waals surface area contributed by atoms with Crippen molar-refractivity contribution in [3.63, 3.8) is 0 Å². The minimum Gasteiger partial charge on any atom is -0.466 e. The molecule has 0 radical (unpaired) electrons. The molecule has 1 aromatic rings. The van der Waals surface area contributed by atoms with E-state index in [0.717, 1.165) is 5.56 Å². The highest BCUT2D eigenvalue weighted by Gasteiger charge is 2.44. The number of hydrogen-bond donors (Lipinski definition) is 1. The van der Waals surface area contributed by atoms with Gasteiger partial charge in [-0.1, -0.05) is 12.1 Å². The van der Waals surface area contributed by atoms with E-state index in [1.807, 2.05) is 26.8 Å². The van der Waals surface area contributed by atoms with Gasteiger partial charge in [0.05, 0.1) is 17.7 Å². The van der Waals surface area contributed by atoms with E-state index < -0.39 is 22.3 Å². The monoisotopic (exact) mass is 440 g/mol. The van der Waals surface area contributed by atoms with Crippen LogP contribution in [0.1, 0.15) is 46.1 Å². The summed E-state index contributed by atoms with van der Waals surface area (Å²) in [5.41, 5.74) is 0.109. The molecule has 0 aliphatic carbocycles. The number of amides is 1. The van der Waals surface area contributed by atoms with Crippen LogP contribution in [-0.4, -0.2) is 58.1 Å². The molecule has 1 aliphatic heterocycles. The van der Waals surface area contributed by atoms with Gasteiger partial charge >= 0.3 is 12.1 Å². The molecule has 0 aromatic heterocycles. The number of hydrogen-bond acceptors (Lipinski definition) is 5. The van der Waals surface area contributed by atoms with Crippen molar-refractivity contribution in [1.82, 2.24) is 4.90 Å². The number of ether oxygens (including phenoxy) is 2. The average molecular weight is 441 g/mol. The molecule has 0 saturated carbocycles. The molecular weight excluding hydrogens is 408 g/mol. The Kier molecular flexibility index (Phi) is 7.87. The number of piperidine rings is 1. The molecule has 9 heteroatoms. The number of likely N-dealkylation sites (tertiary alicyclic amines) is 1. The van der Waals surface area contributed by atoms with Crippen LogP contribution in [0.15, 0.2) is 24.3 Å². The van der Waals surface area contributed by atoms with E-state index >= 15 is 0 Å². The molecule has 1 amide bonds. The molecule has 0 spiro atoms. The molecule has 1 aliphatic rings. The second-order valence-electron chi connectivity index (χ2n) is 8.54. The van der Waals surface area contributed by atoms with Crippen LogP contribution in [0.4, 0.5) is 10.5 Å². The number of rotatable bonds is 6. The lowest BCUT2D eigenvalue weighted by Crippen LogP contribution is -2.49. The molecule has 1 saturated heterocycles. The van der Waals surface area contributed by atoms with Gasteiger partial charge in [-0.05, 0) is 64.7 Å². The highest BCUT2D eigenvalue weighted by atomic mass is 32.2. The summed E-state index contributed by atoms with van der Waals surface area (Å²) in [6, 6.07) is 7.22. The van der Waals surface area contributed by atoms with Gasteiger partial charge in [0.2, 0.25) is 0 Å². The Bertz CT molecular complexity index is 784. The van der Waals surface area contributed by atoms with Gasteiger partial charge in [0, 0.05) is 20.1 Å². The Morgan fingerprint density at radius 1 is 1.27 bits per heavy atom. The summed E-state index contributed by atoms with van der Waals surface area (Å²) in [6.45, 7) is 8.31. The minimum absolute atomic E-state index is 0.279. The number of anilines is 1. The van der Waals surface area contributed by atoms with Gasteiger partial charge in [0.15, 0.2) is 0 Å². The first-order chi connectivity index (χ1) is 14.0. The fourth-order valence-corrected chi connectivity index (χ4v) is 3.82. The third-order valence-corrected chi connectivity index (χ3v) is 5.81. The molecule has 1 unspecified atom stereocenters. The van der Waals surface area contributed by atoms with Gasteiger partial charge in [-0.2, -0.15) is 0 Å². The van der Waals surface area contributed by atoms with Crippen molar-refractivity contribution in [2.75, 3.05) is 31.0 Å². The van der Waals surface area contributed by atoms with Gasteiger partial charge in [-0.15, -0.1) is 0 Å². The summed E-state index contributed by atoms with van der Waals surface area (Å²) in [5, 5.41) is 0. The average Bonchev–Trinajstić information content (AvgIpc) is 2.66. The zero-order valence-corrected chi connectivity index (χ0v) is 19.2. The van der Waals surface area contributed by atoms with Gasteiger partial charge in [0.1, 0.15) is 5.60 Å². The van der Waals surface area contributed by atoms with Gasteiger partial charge < -0.3 is 14.4 Å². The van der Waals surface area contributed by atoms with Crippen LogP contribution in [0.3, 0.4) is 0 Å². The van der Waals surface area contributed by atoms with Crippen molar-refractivity contribution < 1.29 is 27.8 Å². The predicted molar refractivity (Wildman–Crippen MR) is 115 cm³/mol. The van der Waals surface area contributed by atoms with Crippen molar-refractivity contribution in [1.29, 1.82) is 0 Å². The summed E-state index contributed by atoms with van der Waals surface area (Å²) in [4.78, 5) is 26.9. The van der Waals surface area contributed by atoms with Crippen LogP contribution in [0.2, 0.25) is 0 Å². The lowest BCUT2D eigenvalue weighted by molar-refractivity contribution is -0.158. The lowest BCUT2D eigenvalue weighted by atomic mass is 9.73. The van der Waals surface area contributed by atoms with E-state index in [9.17, 15) is 18.4 Å². The Morgan fingerprint density at radius 2 is 1.90 bits per heavy atom. The standard InChI is InChI=1S/C21H32N2O6S/c1-6-28-18(24)21(10-12-23(13-11-21)19(25)29-20(2,3)4)15-16-8-7-9-17(14-16)22(5)30(26)27/h7-9,14H,6,10-13,15H2,1-5H3,(H,26,27). The molecule has 8 nitrogen and oxygen atoms in total. The summed E-state index contributed by atoms with van der Waals surface area (Å²) in [6.07, 6.45) is 0.955. The summed E-state index contributed by atoms with van der Waals surface area (Å²) in [7, 11) is 1.52. The Labute approximate surface area is 180 Å². The van der Waals surface area contributed by atoms with E-state index in [1.54, 1.807) is 30.0 Å². The first-order valence-corrected chi connectivity index (χ1v) is 11.1. The van der Waals surface area contributed by atoms with Crippen LogP contribution in [0.5, 0.6) is 0 Å². The molecule has 30 heavy (non-hydrogen) atoms. The largest absolute Gasteiger partial charge is 0.466 e. The maximum absolute atomic E-state index is 12.9. The SMILES string of the molecule is CCOC(=O)C1(Cc2cccc(N(C)S(=O)O)c2)CCN(C(=O)OC(C)(C)C)CC1. The normalized spacial score (nSPS) is 17.2. The van der Waals surface area contributed by atoms with E-state index in [-0.39, 0.29) is 18.7 Å². The Balaban J connectivity index is 2.20. The maximum atomic E-state index is 12.9. The predicted octanol–water partition coefficient (Wildman–Crippen LogP) is 3.38. The fraction of sp³-hybridized carbons (Fsp3) is 0.619. The Morgan fingerprint density at radius 3 is 2.43 bits per heavy atom. The highest BCUT2D eigenvalue weighted by Crippen LogP contribution is 2.37. The van der Waals surface area contributed by atoms with Crippen LogP contribution >= 0.6 is 0 Å². The third kappa shape index (κ3) is 6.18. The number of benzene rings is 1. The summed E-state index contributed by atoms with van der Waals surface area (Å²) >= 11 is -2.13. The van der Waals surface area contributed by atoms with Crippen LogP contribution < -0.4 is 4.31 Å². The second kappa shape index (κ2) is 9.78. The van der Waals surface area contributed by atoms with E-state index in [4.69, 9.17) is 9.47 Å². The molecule has 1 N–H and O–H groups in total. The number of esters is 1. The fourth-order valence-electron chi connectivity index (χ4n) is 3.52. The zero-order valence-electron chi connectivity index (χ0n) is 18.3. The molecule has 2 rings (SSSR count). The molecule has 168 valence electrons. The van der Waals surface area contributed by atoms with Crippen molar-refractivity contribution in [2.24, 2.45) is 5.41 Å². The van der Waals surface area contributed by atoms with Crippen molar-refractivity contribution in [2.45, 2.75) is 52.6 Å². The summed E-state index contributed by atoms with van der Waals surface area (Å²) in [5.74, 6) is -0.279. The quantitative estimate of drug-likeness (QED) is 0.538. The molecule has 1 atom stereocenters. The number of carbonyl (C=O) groups excluding carboxylic acids is 2. The van der Waals surface area contributed by atoms with E-state index in [1.165, 1.54) is 11.4 Å². The van der Waals surface area contributed by atoms with Crippen LogP contribution in [0, 0.1) is 5.41 Å². The van der Waals surface area contributed by atoms with Gasteiger partial charge in [0.25, 0.3) is 11.3 Å². The van der Waals surface area contributed by atoms with E-state index in [0.29, 0.717) is 38.0 Å². The number of carbonyl (C=O) groups is 2. The van der Waals surface area contributed by atoms with Crippen molar-refractivity contribution >= 4 is 29.0 Å². The first-order valence-electron chi connectivity index (χ1n) is 10.1. The van der Waals surface area contributed by atoms with Crippen LogP contribution in [0.25, 0.3) is 0 Å². The van der Waals surface area contributed by atoms with Gasteiger partial charge in [-0.25, -0.2) is 9.00 Å². The maximum Gasteiger partial charge on any atom is 0.410 e. The number of nitrogens with zero attached hydrogens (tertiary/aromatic N) is 2. The smallest absolute Gasteiger partial charge is 0.410 e. The van der Waals surface area contributed by atoms with Crippen molar-refractivity contribution in [3.05, 3.63) is 29.8 Å². The molecule has 1 heterocycles. The minimum atomic E-state index is -2.13. The third-order valence-electron chi connectivity index (χ3n) is 5.13. The molecule has 0 bridgehead atoms. The summed E-state index contributed by atoms with van der Waals surface area (Å²) < 4.78 is 32.8. The Hall–Kier alpha value is -2.13. The van der Waals surface area contributed by atoms with Crippen molar-refractivity contribution in [3.8, 4) is 0 Å². The molecule has 1 aromatic carbocycles. The van der Waals surface area contributed by atoms with Gasteiger partial charge in [-0.3, -0.25) is 13.7 Å². The van der Waals surface area contributed by atoms with E-state index in [2.05, 4.69) is 0 Å². The second-order valence-corrected chi connectivity index (χ2v) is 9.55. The molecule has 1 fully saturated rings. The highest BCUT2D eigenvalue weighted by molar-refractivity contribution is 7.80.